The topological polar surface area (TPSA) is 43.7 Å². The lowest BCUT2D eigenvalue weighted by atomic mass is 9.94. The highest BCUT2D eigenvalue weighted by molar-refractivity contribution is 5.55. The lowest BCUT2D eigenvalue weighted by Crippen LogP contribution is -2.36. The minimum absolute atomic E-state index is 0.213. The number of anilines is 1. The fraction of sp³-hybridized carbons (Fsp3) is 0.600. The molecule has 19 heavy (non-hydrogen) atoms. The minimum atomic E-state index is -0.677. The van der Waals surface area contributed by atoms with Crippen molar-refractivity contribution in [1.82, 2.24) is 0 Å². The molecule has 4 heteroatoms. The zero-order valence-corrected chi connectivity index (χ0v) is 11.3. The fourth-order valence-corrected chi connectivity index (χ4v) is 2.85. The van der Waals surface area contributed by atoms with Crippen molar-refractivity contribution in [3.8, 4) is 0 Å². The summed E-state index contributed by atoms with van der Waals surface area (Å²) in [5, 5.41) is 18.8. The quantitative estimate of drug-likeness (QED) is 0.881. The molecule has 1 saturated heterocycles. The Morgan fingerprint density at radius 1 is 1.47 bits per heavy atom. The number of hydrogen-bond donors (Lipinski definition) is 2. The zero-order chi connectivity index (χ0) is 13.8. The highest BCUT2D eigenvalue weighted by Gasteiger charge is 2.22. The number of piperidine rings is 1. The molecule has 0 saturated carbocycles. The first-order valence-corrected chi connectivity index (χ1v) is 6.95. The van der Waals surface area contributed by atoms with Crippen molar-refractivity contribution >= 4 is 5.69 Å². The summed E-state index contributed by atoms with van der Waals surface area (Å²) in [6.07, 6.45) is 2.33. The maximum Gasteiger partial charge on any atom is 0.123 e. The summed E-state index contributed by atoms with van der Waals surface area (Å²) < 4.78 is 13.3. The number of benzene rings is 1. The van der Waals surface area contributed by atoms with E-state index in [0.717, 1.165) is 38.0 Å². The van der Waals surface area contributed by atoms with Crippen LogP contribution in [0.15, 0.2) is 18.2 Å². The van der Waals surface area contributed by atoms with E-state index in [2.05, 4.69) is 4.90 Å². The predicted molar refractivity (Wildman–Crippen MR) is 73.7 cm³/mol. The summed E-state index contributed by atoms with van der Waals surface area (Å²) in [5.74, 6) is 0.161. The van der Waals surface area contributed by atoms with Gasteiger partial charge in [-0.25, -0.2) is 4.39 Å². The van der Waals surface area contributed by atoms with Crippen LogP contribution in [0.25, 0.3) is 0 Å². The van der Waals surface area contributed by atoms with Crippen molar-refractivity contribution in [1.29, 1.82) is 0 Å². The van der Waals surface area contributed by atoms with Crippen LogP contribution < -0.4 is 4.90 Å². The normalized spacial score (nSPS) is 21.5. The van der Waals surface area contributed by atoms with Gasteiger partial charge in [0, 0.05) is 30.9 Å². The Kier molecular flexibility index (Phi) is 4.77. The Morgan fingerprint density at radius 3 is 2.95 bits per heavy atom. The number of halogens is 1. The monoisotopic (exact) mass is 267 g/mol. The van der Waals surface area contributed by atoms with Gasteiger partial charge in [0.2, 0.25) is 0 Å². The molecule has 0 aromatic heterocycles. The van der Waals surface area contributed by atoms with Crippen molar-refractivity contribution in [2.75, 3.05) is 24.6 Å². The molecule has 0 aliphatic carbocycles. The molecule has 1 aromatic rings. The molecule has 0 bridgehead atoms. The lowest BCUT2D eigenvalue weighted by Gasteiger charge is -2.35. The number of hydrogen-bond acceptors (Lipinski definition) is 3. The molecule has 3 nitrogen and oxygen atoms in total. The second-order valence-corrected chi connectivity index (χ2v) is 5.35. The molecule has 2 atom stereocenters. The van der Waals surface area contributed by atoms with Gasteiger partial charge in [0.05, 0.1) is 6.10 Å². The van der Waals surface area contributed by atoms with Gasteiger partial charge in [0.25, 0.3) is 0 Å². The maximum absolute atomic E-state index is 13.3. The largest absolute Gasteiger partial charge is 0.396 e. The Balaban J connectivity index is 2.20. The third-order valence-corrected chi connectivity index (χ3v) is 3.84. The third kappa shape index (κ3) is 3.45. The Labute approximate surface area is 113 Å². The Morgan fingerprint density at radius 2 is 2.26 bits per heavy atom. The molecule has 0 spiro atoms. The first kappa shape index (κ1) is 14.3. The molecular formula is C15H22FNO2. The summed E-state index contributed by atoms with van der Waals surface area (Å²) in [4.78, 5) is 2.20. The highest BCUT2D eigenvalue weighted by Crippen LogP contribution is 2.31. The van der Waals surface area contributed by atoms with Crippen LogP contribution in [0.5, 0.6) is 0 Å². The second-order valence-electron chi connectivity index (χ2n) is 5.35. The number of aliphatic hydroxyl groups is 2. The highest BCUT2D eigenvalue weighted by atomic mass is 19.1. The molecule has 1 aliphatic rings. The fourth-order valence-electron chi connectivity index (χ4n) is 2.85. The third-order valence-electron chi connectivity index (χ3n) is 3.84. The van der Waals surface area contributed by atoms with E-state index in [0.29, 0.717) is 11.5 Å². The van der Waals surface area contributed by atoms with Crippen LogP contribution in [0.2, 0.25) is 0 Å². The summed E-state index contributed by atoms with van der Waals surface area (Å²) >= 11 is 0. The summed E-state index contributed by atoms with van der Waals surface area (Å²) in [6, 6.07) is 4.60. The lowest BCUT2D eigenvalue weighted by molar-refractivity contribution is 0.198. The van der Waals surface area contributed by atoms with E-state index in [1.807, 2.05) is 0 Å². The van der Waals surface area contributed by atoms with Gasteiger partial charge in [0.1, 0.15) is 5.82 Å². The van der Waals surface area contributed by atoms with E-state index in [1.165, 1.54) is 12.1 Å². The van der Waals surface area contributed by atoms with E-state index < -0.39 is 6.10 Å². The van der Waals surface area contributed by atoms with Gasteiger partial charge in [-0.1, -0.05) is 0 Å². The summed E-state index contributed by atoms with van der Waals surface area (Å²) in [6.45, 7) is 3.66. The van der Waals surface area contributed by atoms with Crippen LogP contribution in [0.1, 0.15) is 37.9 Å². The number of rotatable bonds is 4. The molecule has 0 radical (unpaired) electrons. The van der Waals surface area contributed by atoms with Gasteiger partial charge in [-0.15, -0.1) is 0 Å². The van der Waals surface area contributed by atoms with Gasteiger partial charge in [-0.2, -0.15) is 0 Å². The maximum atomic E-state index is 13.3. The van der Waals surface area contributed by atoms with Crippen molar-refractivity contribution in [2.24, 2.45) is 5.92 Å². The predicted octanol–water partition coefficient (Wildman–Crippen LogP) is 2.48. The van der Waals surface area contributed by atoms with Gasteiger partial charge in [-0.05, 0) is 50.3 Å². The van der Waals surface area contributed by atoms with E-state index >= 15 is 0 Å². The molecule has 1 heterocycles. The molecular weight excluding hydrogens is 245 g/mol. The van der Waals surface area contributed by atoms with Gasteiger partial charge in [0.15, 0.2) is 0 Å². The van der Waals surface area contributed by atoms with Crippen LogP contribution >= 0.6 is 0 Å². The van der Waals surface area contributed by atoms with Crippen molar-refractivity contribution in [3.05, 3.63) is 29.6 Å². The number of aliphatic hydroxyl groups excluding tert-OH is 2. The Bertz CT molecular complexity index is 421. The van der Waals surface area contributed by atoms with Gasteiger partial charge in [-0.3, -0.25) is 0 Å². The zero-order valence-electron chi connectivity index (χ0n) is 11.3. The first-order chi connectivity index (χ1) is 9.11. The molecule has 1 aliphatic heterocycles. The molecule has 1 aromatic carbocycles. The standard InChI is InChI=1S/C15H22FNO2/c1-11(19)14-9-13(16)4-5-15(14)17-7-2-3-12(10-17)6-8-18/h4-5,9,11-12,18-19H,2-3,6-8,10H2,1H3/t11-,12?/m1/s1. The Hall–Kier alpha value is -1.13. The van der Waals surface area contributed by atoms with Crippen molar-refractivity contribution < 1.29 is 14.6 Å². The average Bonchev–Trinajstić information content (AvgIpc) is 2.39. The number of nitrogens with zero attached hydrogens (tertiary/aromatic N) is 1. The average molecular weight is 267 g/mol. The molecule has 0 amide bonds. The van der Waals surface area contributed by atoms with Crippen LogP contribution in [-0.2, 0) is 0 Å². The van der Waals surface area contributed by atoms with E-state index in [1.54, 1.807) is 13.0 Å². The smallest absolute Gasteiger partial charge is 0.123 e. The van der Waals surface area contributed by atoms with E-state index in [-0.39, 0.29) is 12.4 Å². The van der Waals surface area contributed by atoms with Crippen LogP contribution in [0.3, 0.4) is 0 Å². The molecule has 1 fully saturated rings. The van der Waals surface area contributed by atoms with Gasteiger partial charge < -0.3 is 15.1 Å². The second kappa shape index (κ2) is 6.35. The first-order valence-electron chi connectivity index (χ1n) is 6.95. The molecule has 2 N–H and O–H groups in total. The van der Waals surface area contributed by atoms with Gasteiger partial charge >= 0.3 is 0 Å². The minimum Gasteiger partial charge on any atom is -0.396 e. The van der Waals surface area contributed by atoms with E-state index in [9.17, 15) is 9.50 Å². The molecule has 2 rings (SSSR count). The molecule has 106 valence electrons. The van der Waals surface area contributed by atoms with Crippen molar-refractivity contribution in [3.63, 3.8) is 0 Å². The van der Waals surface area contributed by atoms with E-state index in [4.69, 9.17) is 5.11 Å². The van der Waals surface area contributed by atoms with Crippen LogP contribution in [0, 0.1) is 11.7 Å². The van der Waals surface area contributed by atoms with Crippen molar-refractivity contribution in [2.45, 2.75) is 32.3 Å². The summed E-state index contributed by atoms with van der Waals surface area (Å²) in [7, 11) is 0. The SMILES string of the molecule is C[C@@H](O)c1cc(F)ccc1N1CCCC(CCO)C1. The van der Waals surface area contributed by atoms with Crippen LogP contribution in [0.4, 0.5) is 10.1 Å². The van der Waals surface area contributed by atoms with Crippen LogP contribution in [-0.4, -0.2) is 29.9 Å². The molecule has 1 unspecified atom stereocenters. The summed E-state index contributed by atoms with van der Waals surface area (Å²) in [5.41, 5.74) is 1.56.